The third-order valence-corrected chi connectivity index (χ3v) is 2.27. The smallest absolute Gasteiger partial charge is 0.319 e. The van der Waals surface area contributed by atoms with E-state index < -0.39 is 0 Å². The molecule has 1 heterocycles. The molecule has 0 spiro atoms. The molecular weight excluding hydrogens is 202 g/mol. The van der Waals surface area contributed by atoms with Crippen LogP contribution in [0.25, 0.3) is 10.8 Å². The van der Waals surface area contributed by atoms with Gasteiger partial charge in [0.25, 0.3) is 0 Å². The summed E-state index contributed by atoms with van der Waals surface area (Å²) in [7, 11) is 0. The number of carbonyl (C=O) groups is 1. The summed E-state index contributed by atoms with van der Waals surface area (Å²) in [6.07, 6.45) is 3.48. The van der Waals surface area contributed by atoms with Gasteiger partial charge >= 0.3 is 6.03 Å². The van der Waals surface area contributed by atoms with Crippen LogP contribution in [0.1, 0.15) is 6.92 Å². The fourth-order valence-corrected chi connectivity index (χ4v) is 1.55. The Labute approximate surface area is 93.7 Å². The van der Waals surface area contributed by atoms with Crippen LogP contribution in [0.15, 0.2) is 36.7 Å². The van der Waals surface area contributed by atoms with Gasteiger partial charge in [-0.1, -0.05) is 12.1 Å². The van der Waals surface area contributed by atoms with Crippen LogP contribution in [0.5, 0.6) is 0 Å². The molecule has 0 aliphatic rings. The topological polar surface area (TPSA) is 54.0 Å². The van der Waals surface area contributed by atoms with Crippen LogP contribution in [0.3, 0.4) is 0 Å². The Bertz CT molecular complexity index is 505. The van der Waals surface area contributed by atoms with E-state index >= 15 is 0 Å². The highest BCUT2D eigenvalue weighted by Crippen LogP contribution is 2.21. The normalized spacial score (nSPS) is 10.1. The number of nitrogens with one attached hydrogen (secondary N) is 2. The van der Waals surface area contributed by atoms with E-state index in [1.165, 1.54) is 0 Å². The minimum Gasteiger partial charge on any atom is -0.338 e. The van der Waals surface area contributed by atoms with E-state index in [0.29, 0.717) is 6.54 Å². The van der Waals surface area contributed by atoms with Gasteiger partial charge < -0.3 is 10.6 Å². The van der Waals surface area contributed by atoms with Crippen LogP contribution < -0.4 is 10.6 Å². The quantitative estimate of drug-likeness (QED) is 0.808. The molecule has 82 valence electrons. The van der Waals surface area contributed by atoms with Crippen molar-refractivity contribution in [2.45, 2.75) is 6.92 Å². The van der Waals surface area contributed by atoms with E-state index in [2.05, 4.69) is 15.6 Å². The molecule has 2 N–H and O–H groups in total. The van der Waals surface area contributed by atoms with Crippen LogP contribution in [-0.4, -0.2) is 17.6 Å². The molecule has 0 aliphatic carbocycles. The summed E-state index contributed by atoms with van der Waals surface area (Å²) in [6.45, 7) is 2.49. The lowest BCUT2D eigenvalue weighted by Crippen LogP contribution is -2.28. The van der Waals surface area contributed by atoms with Crippen LogP contribution >= 0.6 is 0 Å². The van der Waals surface area contributed by atoms with Crippen molar-refractivity contribution in [3.05, 3.63) is 36.7 Å². The lowest BCUT2D eigenvalue weighted by Gasteiger charge is -2.08. The van der Waals surface area contributed by atoms with Crippen LogP contribution in [0.4, 0.5) is 10.5 Å². The maximum absolute atomic E-state index is 11.4. The molecule has 0 unspecified atom stereocenters. The lowest BCUT2D eigenvalue weighted by atomic mass is 10.1. The van der Waals surface area contributed by atoms with Crippen LogP contribution in [0, 0.1) is 0 Å². The third kappa shape index (κ3) is 2.11. The minimum absolute atomic E-state index is 0.196. The van der Waals surface area contributed by atoms with Gasteiger partial charge in [-0.05, 0) is 24.4 Å². The molecule has 0 fully saturated rings. The van der Waals surface area contributed by atoms with E-state index in [4.69, 9.17) is 0 Å². The standard InChI is InChI=1S/C12H13N3O/c1-2-14-12(16)15-11-5-3-4-9-6-7-13-8-10(9)11/h3-8H,2H2,1H3,(H2,14,15,16). The second-order valence-electron chi connectivity index (χ2n) is 3.39. The van der Waals surface area contributed by atoms with Crippen molar-refractivity contribution < 1.29 is 4.79 Å². The van der Waals surface area contributed by atoms with Crippen molar-refractivity contribution >= 4 is 22.5 Å². The number of rotatable bonds is 2. The van der Waals surface area contributed by atoms with Gasteiger partial charge in [0.15, 0.2) is 0 Å². The van der Waals surface area contributed by atoms with Gasteiger partial charge in [-0.2, -0.15) is 0 Å². The van der Waals surface area contributed by atoms with E-state index in [-0.39, 0.29) is 6.03 Å². The average Bonchev–Trinajstić information content (AvgIpc) is 2.30. The third-order valence-electron chi connectivity index (χ3n) is 2.27. The lowest BCUT2D eigenvalue weighted by molar-refractivity contribution is 0.252. The zero-order chi connectivity index (χ0) is 11.4. The van der Waals surface area contributed by atoms with E-state index in [9.17, 15) is 4.79 Å². The van der Waals surface area contributed by atoms with E-state index in [1.807, 2.05) is 31.2 Å². The first-order valence-electron chi connectivity index (χ1n) is 5.19. The number of benzene rings is 1. The Balaban J connectivity index is 2.33. The second-order valence-corrected chi connectivity index (χ2v) is 3.39. The van der Waals surface area contributed by atoms with Gasteiger partial charge in [-0.25, -0.2) is 4.79 Å². The molecular formula is C12H13N3O. The van der Waals surface area contributed by atoms with Crippen LogP contribution in [0.2, 0.25) is 0 Å². The van der Waals surface area contributed by atoms with Crippen molar-refractivity contribution in [1.29, 1.82) is 0 Å². The predicted molar refractivity (Wildman–Crippen MR) is 64.4 cm³/mol. The van der Waals surface area contributed by atoms with Crippen LogP contribution in [-0.2, 0) is 0 Å². The summed E-state index contributed by atoms with van der Waals surface area (Å²) in [6, 6.07) is 7.47. The number of hydrogen-bond acceptors (Lipinski definition) is 2. The molecule has 0 radical (unpaired) electrons. The summed E-state index contributed by atoms with van der Waals surface area (Å²) in [4.78, 5) is 15.5. The Morgan fingerprint density at radius 1 is 1.38 bits per heavy atom. The summed E-state index contributed by atoms with van der Waals surface area (Å²) >= 11 is 0. The van der Waals surface area contributed by atoms with Gasteiger partial charge in [0.1, 0.15) is 0 Å². The highest BCUT2D eigenvalue weighted by molar-refractivity contribution is 6.01. The number of amides is 2. The number of nitrogens with zero attached hydrogens (tertiary/aromatic N) is 1. The molecule has 2 aromatic rings. The Kier molecular flexibility index (Phi) is 3.00. The number of aromatic nitrogens is 1. The van der Waals surface area contributed by atoms with E-state index in [0.717, 1.165) is 16.5 Å². The van der Waals surface area contributed by atoms with Crippen molar-refractivity contribution in [2.24, 2.45) is 0 Å². The monoisotopic (exact) mass is 215 g/mol. The number of fused-ring (bicyclic) bond motifs is 1. The summed E-state index contributed by atoms with van der Waals surface area (Å²) in [5, 5.41) is 7.48. The van der Waals surface area contributed by atoms with Crippen molar-refractivity contribution in [3.8, 4) is 0 Å². The van der Waals surface area contributed by atoms with E-state index in [1.54, 1.807) is 12.4 Å². The number of pyridine rings is 1. The molecule has 0 atom stereocenters. The average molecular weight is 215 g/mol. The van der Waals surface area contributed by atoms with Crippen molar-refractivity contribution in [3.63, 3.8) is 0 Å². The predicted octanol–water partition coefficient (Wildman–Crippen LogP) is 2.38. The Hall–Kier alpha value is -2.10. The molecule has 4 nitrogen and oxygen atoms in total. The summed E-state index contributed by atoms with van der Waals surface area (Å²) < 4.78 is 0. The first kappa shape index (κ1) is 10.4. The highest BCUT2D eigenvalue weighted by Gasteiger charge is 2.03. The van der Waals surface area contributed by atoms with Gasteiger partial charge in [0, 0.05) is 24.3 Å². The largest absolute Gasteiger partial charge is 0.338 e. The Morgan fingerprint density at radius 3 is 3.06 bits per heavy atom. The summed E-state index contributed by atoms with van der Waals surface area (Å²) in [5.74, 6) is 0. The molecule has 16 heavy (non-hydrogen) atoms. The van der Waals surface area contributed by atoms with Gasteiger partial charge in [0.2, 0.25) is 0 Å². The zero-order valence-corrected chi connectivity index (χ0v) is 9.03. The second kappa shape index (κ2) is 4.61. The molecule has 0 saturated carbocycles. The molecule has 2 rings (SSSR count). The van der Waals surface area contributed by atoms with Gasteiger partial charge in [0.05, 0.1) is 5.69 Å². The number of carbonyl (C=O) groups excluding carboxylic acids is 1. The molecule has 0 bridgehead atoms. The fraction of sp³-hybridized carbons (Fsp3) is 0.167. The highest BCUT2D eigenvalue weighted by atomic mass is 16.2. The van der Waals surface area contributed by atoms with Gasteiger partial charge in [-0.3, -0.25) is 4.98 Å². The first-order chi connectivity index (χ1) is 7.81. The molecule has 2 amide bonds. The molecule has 0 aliphatic heterocycles. The molecule has 1 aromatic heterocycles. The molecule has 0 saturated heterocycles. The molecule has 4 heteroatoms. The summed E-state index contributed by atoms with van der Waals surface area (Å²) in [5.41, 5.74) is 0.775. The SMILES string of the molecule is CCNC(=O)Nc1cccc2ccncc12. The maximum atomic E-state index is 11.4. The van der Waals surface area contributed by atoms with Crippen molar-refractivity contribution in [1.82, 2.24) is 10.3 Å². The minimum atomic E-state index is -0.196. The van der Waals surface area contributed by atoms with Crippen molar-refractivity contribution in [2.75, 3.05) is 11.9 Å². The number of anilines is 1. The number of hydrogen-bond donors (Lipinski definition) is 2. The fourth-order valence-electron chi connectivity index (χ4n) is 1.55. The number of urea groups is 1. The molecule has 1 aromatic carbocycles. The zero-order valence-electron chi connectivity index (χ0n) is 9.03. The van der Waals surface area contributed by atoms with Gasteiger partial charge in [-0.15, -0.1) is 0 Å². The Morgan fingerprint density at radius 2 is 2.25 bits per heavy atom. The maximum Gasteiger partial charge on any atom is 0.319 e. The first-order valence-corrected chi connectivity index (χ1v) is 5.19.